The lowest BCUT2D eigenvalue weighted by Gasteiger charge is -2.43. The van der Waals surface area contributed by atoms with Crippen LogP contribution in [-0.4, -0.2) is 32.8 Å². The number of hydrogen-bond donors (Lipinski definition) is 2. The van der Waals surface area contributed by atoms with Crippen molar-refractivity contribution in [3.8, 4) is 11.1 Å². The lowest BCUT2D eigenvalue weighted by Crippen LogP contribution is -2.45. The van der Waals surface area contributed by atoms with Gasteiger partial charge < -0.3 is 15.7 Å². The Kier molecular flexibility index (Phi) is 5.30. The summed E-state index contributed by atoms with van der Waals surface area (Å²) < 4.78 is 1.84. The van der Waals surface area contributed by atoms with E-state index in [1.54, 1.807) is 6.07 Å². The molecule has 0 amide bonds. The van der Waals surface area contributed by atoms with E-state index in [-0.39, 0.29) is 18.1 Å². The highest BCUT2D eigenvalue weighted by molar-refractivity contribution is 6.43. The molecule has 4 aromatic rings. The normalized spacial score (nSPS) is 19.2. The minimum atomic E-state index is -0.146. The predicted molar refractivity (Wildman–Crippen MR) is 135 cm³/mol. The van der Waals surface area contributed by atoms with Gasteiger partial charge in [-0.1, -0.05) is 59.6 Å². The Bertz CT molecular complexity index is 1390. The summed E-state index contributed by atoms with van der Waals surface area (Å²) in [5, 5.41) is 15.7. The molecular formula is C26H25Cl2N5O. The van der Waals surface area contributed by atoms with Gasteiger partial charge in [-0.2, -0.15) is 9.61 Å². The van der Waals surface area contributed by atoms with Crippen molar-refractivity contribution >= 4 is 34.7 Å². The second-order valence-electron chi connectivity index (χ2n) is 9.36. The van der Waals surface area contributed by atoms with Gasteiger partial charge in [0.2, 0.25) is 0 Å². The van der Waals surface area contributed by atoms with Crippen molar-refractivity contribution in [2.45, 2.75) is 31.9 Å². The zero-order valence-corrected chi connectivity index (χ0v) is 20.1. The Balaban J connectivity index is 1.37. The molecule has 1 atom stereocenters. The molecule has 2 aromatic carbocycles. The van der Waals surface area contributed by atoms with E-state index >= 15 is 0 Å². The van der Waals surface area contributed by atoms with E-state index in [1.165, 1.54) is 17.5 Å². The van der Waals surface area contributed by atoms with E-state index in [9.17, 15) is 5.11 Å². The number of nitrogens with zero attached hydrogens (tertiary/aromatic N) is 4. The molecule has 1 fully saturated rings. The quantitative estimate of drug-likeness (QED) is 0.417. The molecule has 2 aromatic heterocycles. The maximum Gasteiger partial charge on any atom is 0.165 e. The van der Waals surface area contributed by atoms with Crippen molar-refractivity contribution in [1.82, 2.24) is 14.6 Å². The number of aliphatic hydroxyl groups is 1. The van der Waals surface area contributed by atoms with Gasteiger partial charge in [0.25, 0.3) is 0 Å². The fourth-order valence-electron chi connectivity index (χ4n) is 5.84. The Hall–Kier alpha value is -2.64. The number of aliphatic hydroxyl groups excluding tert-OH is 1. The van der Waals surface area contributed by atoms with Crippen LogP contribution in [0.3, 0.4) is 0 Å². The number of fused-ring (bicyclic) bond motifs is 2. The number of benzene rings is 2. The SMILES string of the molecule is NC1c2ccccc2CC12CCN(c1cc(CO)c(-c3cccc(Cl)c3Cl)c3ncnn13)CC2. The molecule has 0 saturated carbocycles. The Morgan fingerprint density at radius 3 is 2.65 bits per heavy atom. The van der Waals surface area contributed by atoms with Gasteiger partial charge in [0.1, 0.15) is 12.1 Å². The van der Waals surface area contributed by atoms with Gasteiger partial charge in [0.15, 0.2) is 5.65 Å². The van der Waals surface area contributed by atoms with Crippen molar-refractivity contribution in [3.05, 3.63) is 81.6 Å². The molecule has 1 spiro atoms. The molecular weight excluding hydrogens is 469 g/mol. The molecule has 34 heavy (non-hydrogen) atoms. The molecule has 2 aliphatic rings. The van der Waals surface area contributed by atoms with Crippen molar-refractivity contribution in [2.75, 3.05) is 18.0 Å². The van der Waals surface area contributed by atoms with E-state index in [2.05, 4.69) is 39.2 Å². The fourth-order valence-corrected chi connectivity index (χ4v) is 6.23. The number of pyridine rings is 1. The molecule has 1 aliphatic carbocycles. The minimum absolute atomic E-state index is 0.0672. The Labute approximate surface area is 207 Å². The fraction of sp³-hybridized carbons (Fsp3) is 0.308. The summed E-state index contributed by atoms with van der Waals surface area (Å²) in [7, 11) is 0. The van der Waals surface area contributed by atoms with Gasteiger partial charge in [-0.05, 0) is 53.5 Å². The second-order valence-corrected chi connectivity index (χ2v) is 10.1. The van der Waals surface area contributed by atoms with E-state index < -0.39 is 0 Å². The van der Waals surface area contributed by atoms with Gasteiger partial charge in [-0.3, -0.25) is 0 Å². The summed E-state index contributed by atoms with van der Waals surface area (Å²) in [6.07, 6.45) is 4.56. The number of nitrogens with two attached hydrogens (primary N) is 1. The van der Waals surface area contributed by atoms with Gasteiger partial charge in [-0.25, -0.2) is 4.98 Å². The Morgan fingerprint density at radius 2 is 1.88 bits per heavy atom. The molecule has 1 unspecified atom stereocenters. The number of rotatable bonds is 3. The minimum Gasteiger partial charge on any atom is -0.392 e. The zero-order chi connectivity index (χ0) is 23.4. The van der Waals surface area contributed by atoms with Crippen LogP contribution in [0.2, 0.25) is 10.0 Å². The molecule has 174 valence electrons. The topological polar surface area (TPSA) is 79.7 Å². The summed E-state index contributed by atoms with van der Waals surface area (Å²) in [4.78, 5) is 6.86. The first kappa shape index (κ1) is 21.9. The summed E-state index contributed by atoms with van der Waals surface area (Å²) in [5.41, 5.74) is 12.4. The first-order valence-electron chi connectivity index (χ1n) is 11.5. The first-order valence-corrected chi connectivity index (χ1v) is 12.3. The van der Waals surface area contributed by atoms with Crippen LogP contribution in [0.5, 0.6) is 0 Å². The van der Waals surface area contributed by atoms with Crippen LogP contribution in [0.1, 0.15) is 35.6 Å². The number of hydrogen-bond acceptors (Lipinski definition) is 5. The van der Waals surface area contributed by atoms with Crippen molar-refractivity contribution in [2.24, 2.45) is 11.1 Å². The van der Waals surface area contributed by atoms with Crippen LogP contribution in [0.4, 0.5) is 5.82 Å². The maximum atomic E-state index is 10.3. The summed E-state index contributed by atoms with van der Waals surface area (Å²) in [5.74, 6) is 0.914. The maximum absolute atomic E-state index is 10.3. The lowest BCUT2D eigenvalue weighted by atomic mass is 9.73. The first-order chi connectivity index (χ1) is 16.5. The van der Waals surface area contributed by atoms with Crippen molar-refractivity contribution in [3.63, 3.8) is 0 Å². The largest absolute Gasteiger partial charge is 0.392 e. The van der Waals surface area contributed by atoms with Crippen LogP contribution in [0.25, 0.3) is 16.8 Å². The molecule has 8 heteroatoms. The highest BCUT2D eigenvalue weighted by atomic mass is 35.5. The average molecular weight is 494 g/mol. The highest BCUT2D eigenvalue weighted by Crippen LogP contribution is 2.51. The molecule has 1 aliphatic heterocycles. The second kappa shape index (κ2) is 8.24. The summed E-state index contributed by atoms with van der Waals surface area (Å²) >= 11 is 12.8. The molecule has 6 nitrogen and oxygen atoms in total. The third kappa shape index (κ3) is 3.24. The van der Waals surface area contributed by atoms with Crippen molar-refractivity contribution in [1.29, 1.82) is 0 Å². The molecule has 1 saturated heterocycles. The number of halogens is 2. The third-order valence-corrected chi connectivity index (χ3v) is 8.50. The van der Waals surface area contributed by atoms with Crippen LogP contribution < -0.4 is 10.6 Å². The zero-order valence-electron chi connectivity index (χ0n) is 18.6. The van der Waals surface area contributed by atoms with Gasteiger partial charge in [0.05, 0.1) is 16.7 Å². The smallest absolute Gasteiger partial charge is 0.165 e. The van der Waals surface area contributed by atoms with E-state index in [0.29, 0.717) is 15.7 Å². The molecule has 3 N–H and O–H groups in total. The van der Waals surface area contributed by atoms with E-state index in [1.807, 2.05) is 22.7 Å². The summed E-state index contributed by atoms with van der Waals surface area (Å²) in [6.45, 7) is 1.57. The Morgan fingerprint density at radius 1 is 1.09 bits per heavy atom. The van der Waals surface area contributed by atoms with Gasteiger partial charge in [0, 0.05) is 30.3 Å². The number of anilines is 1. The van der Waals surface area contributed by atoms with Crippen LogP contribution in [0.15, 0.2) is 54.9 Å². The lowest BCUT2D eigenvalue weighted by molar-refractivity contribution is 0.187. The molecule has 0 radical (unpaired) electrons. The monoisotopic (exact) mass is 493 g/mol. The number of aromatic nitrogens is 3. The van der Waals surface area contributed by atoms with E-state index in [0.717, 1.165) is 54.9 Å². The average Bonchev–Trinajstić information content (AvgIpc) is 3.44. The number of piperidine rings is 1. The van der Waals surface area contributed by atoms with E-state index in [4.69, 9.17) is 28.9 Å². The van der Waals surface area contributed by atoms with Gasteiger partial charge in [-0.15, -0.1) is 0 Å². The van der Waals surface area contributed by atoms with Crippen molar-refractivity contribution < 1.29 is 5.11 Å². The highest BCUT2D eigenvalue weighted by Gasteiger charge is 2.46. The molecule has 6 rings (SSSR count). The summed E-state index contributed by atoms with van der Waals surface area (Å²) in [6, 6.07) is 16.1. The third-order valence-electron chi connectivity index (χ3n) is 7.68. The standard InChI is InChI=1S/C26H25Cl2N5O/c27-20-7-3-6-19(23(20)28)22-17(14-34)12-21(33-25(22)30-15-31-33)32-10-8-26(9-11-32)13-16-4-1-2-5-18(16)24(26)29/h1-7,12,15,24,34H,8-11,13-14,29H2. The molecule has 3 heterocycles. The van der Waals surface area contributed by atoms with Crippen LogP contribution in [0, 0.1) is 5.41 Å². The predicted octanol–water partition coefficient (Wildman–Crippen LogP) is 5.04. The van der Waals surface area contributed by atoms with Gasteiger partial charge >= 0.3 is 0 Å². The molecule has 0 bridgehead atoms. The van der Waals surface area contributed by atoms with Crippen LogP contribution in [-0.2, 0) is 13.0 Å². The van der Waals surface area contributed by atoms with Crippen LogP contribution >= 0.6 is 23.2 Å².